The Kier molecular flexibility index (Phi) is 3.52. The van der Waals surface area contributed by atoms with Gasteiger partial charge in [-0.3, -0.25) is 10.1 Å². The molecule has 20 heavy (non-hydrogen) atoms. The molecule has 0 aliphatic heterocycles. The Morgan fingerprint density at radius 3 is 2.50 bits per heavy atom. The number of carboxylic acid groups (broad SMARTS) is 1. The summed E-state index contributed by atoms with van der Waals surface area (Å²) in [5.74, 6) is -1.05. The Morgan fingerprint density at radius 2 is 1.90 bits per heavy atom. The van der Waals surface area contributed by atoms with E-state index in [1.807, 2.05) is 0 Å². The number of hydrogen-bond donors (Lipinski definition) is 1. The molecule has 0 bridgehead atoms. The van der Waals surface area contributed by atoms with Crippen LogP contribution in [-0.4, -0.2) is 16.0 Å². The van der Waals surface area contributed by atoms with Crippen LogP contribution < -0.4 is 0 Å². The zero-order chi connectivity index (χ0) is 14.9. The third-order valence-corrected chi connectivity index (χ3v) is 3.06. The molecule has 2 rings (SSSR count). The summed E-state index contributed by atoms with van der Waals surface area (Å²) in [7, 11) is 0. The Hall–Kier alpha value is -2.69. The van der Waals surface area contributed by atoms with Gasteiger partial charge in [0, 0.05) is 12.1 Å². The summed E-state index contributed by atoms with van der Waals surface area (Å²) < 4.78 is 0. The lowest BCUT2D eigenvalue weighted by atomic mass is 9.93. The van der Waals surface area contributed by atoms with E-state index >= 15 is 0 Å². The first kappa shape index (κ1) is 13.7. The summed E-state index contributed by atoms with van der Waals surface area (Å²) in [5, 5.41) is 20.2. The van der Waals surface area contributed by atoms with E-state index in [0.717, 1.165) is 5.56 Å². The molecule has 0 saturated carbocycles. The zero-order valence-electron chi connectivity index (χ0n) is 11.1. The van der Waals surface area contributed by atoms with Gasteiger partial charge in [0.25, 0.3) is 5.69 Å². The first-order valence-electron chi connectivity index (χ1n) is 5.99. The van der Waals surface area contributed by atoms with Gasteiger partial charge in [-0.05, 0) is 42.2 Å². The highest BCUT2D eigenvalue weighted by Crippen LogP contribution is 2.31. The van der Waals surface area contributed by atoms with Crippen molar-refractivity contribution >= 4 is 11.7 Å². The average Bonchev–Trinajstić information content (AvgIpc) is 2.37. The lowest BCUT2D eigenvalue weighted by Crippen LogP contribution is -2.01. The van der Waals surface area contributed by atoms with Crippen LogP contribution in [0, 0.1) is 24.0 Å². The SMILES string of the molecule is Cc1cc(-c2c(C)cccc2C(=O)O)cc([N+](=O)[O-])c1. The highest BCUT2D eigenvalue weighted by atomic mass is 16.6. The van der Waals surface area contributed by atoms with Gasteiger partial charge in [-0.1, -0.05) is 18.2 Å². The molecule has 1 N–H and O–H groups in total. The molecular formula is C15H13NO4. The van der Waals surface area contributed by atoms with E-state index in [2.05, 4.69) is 0 Å². The normalized spacial score (nSPS) is 10.3. The number of nitro benzene ring substituents is 1. The summed E-state index contributed by atoms with van der Waals surface area (Å²) in [6.07, 6.45) is 0. The third kappa shape index (κ3) is 2.51. The predicted octanol–water partition coefficient (Wildman–Crippen LogP) is 3.58. The second kappa shape index (κ2) is 5.13. The predicted molar refractivity (Wildman–Crippen MR) is 75.0 cm³/mol. The van der Waals surface area contributed by atoms with Crippen LogP contribution in [0.1, 0.15) is 21.5 Å². The first-order chi connectivity index (χ1) is 9.40. The van der Waals surface area contributed by atoms with E-state index in [-0.39, 0.29) is 11.3 Å². The molecule has 5 nitrogen and oxygen atoms in total. The maximum atomic E-state index is 11.3. The van der Waals surface area contributed by atoms with Crippen molar-refractivity contribution in [2.45, 2.75) is 13.8 Å². The van der Waals surface area contributed by atoms with Gasteiger partial charge in [-0.25, -0.2) is 4.79 Å². The number of nitro groups is 1. The summed E-state index contributed by atoms with van der Waals surface area (Å²) in [5.41, 5.74) is 2.65. The Labute approximate surface area is 115 Å². The second-order valence-corrected chi connectivity index (χ2v) is 4.62. The minimum Gasteiger partial charge on any atom is -0.478 e. The van der Waals surface area contributed by atoms with Crippen molar-refractivity contribution < 1.29 is 14.8 Å². The van der Waals surface area contributed by atoms with Crippen molar-refractivity contribution in [2.24, 2.45) is 0 Å². The first-order valence-corrected chi connectivity index (χ1v) is 5.99. The number of carbonyl (C=O) groups is 1. The molecule has 0 fully saturated rings. The fraction of sp³-hybridized carbons (Fsp3) is 0.133. The fourth-order valence-corrected chi connectivity index (χ4v) is 2.24. The van der Waals surface area contributed by atoms with Gasteiger partial charge < -0.3 is 5.11 Å². The lowest BCUT2D eigenvalue weighted by molar-refractivity contribution is -0.384. The highest BCUT2D eigenvalue weighted by Gasteiger charge is 2.17. The number of aromatic carboxylic acids is 1. The molecule has 0 amide bonds. The number of hydrogen-bond acceptors (Lipinski definition) is 3. The molecule has 0 radical (unpaired) electrons. The molecule has 2 aromatic rings. The summed E-state index contributed by atoms with van der Waals surface area (Å²) >= 11 is 0. The van der Waals surface area contributed by atoms with Crippen LogP contribution in [0.5, 0.6) is 0 Å². The molecule has 0 aromatic heterocycles. The van der Waals surface area contributed by atoms with E-state index in [4.69, 9.17) is 0 Å². The van der Waals surface area contributed by atoms with Crippen LogP contribution in [0.15, 0.2) is 36.4 Å². The Morgan fingerprint density at radius 1 is 1.20 bits per heavy atom. The Balaban J connectivity index is 2.74. The maximum absolute atomic E-state index is 11.3. The average molecular weight is 271 g/mol. The minimum atomic E-state index is -1.05. The van der Waals surface area contributed by atoms with Crippen molar-refractivity contribution in [3.05, 3.63) is 63.2 Å². The smallest absolute Gasteiger partial charge is 0.336 e. The van der Waals surface area contributed by atoms with E-state index in [1.165, 1.54) is 18.2 Å². The van der Waals surface area contributed by atoms with Gasteiger partial charge in [0.15, 0.2) is 0 Å². The number of aryl methyl sites for hydroxylation is 2. The molecule has 2 aromatic carbocycles. The van der Waals surface area contributed by atoms with Gasteiger partial charge in [0.05, 0.1) is 10.5 Å². The summed E-state index contributed by atoms with van der Waals surface area (Å²) in [4.78, 5) is 21.8. The quantitative estimate of drug-likeness (QED) is 0.683. The van der Waals surface area contributed by atoms with E-state index in [0.29, 0.717) is 16.7 Å². The largest absolute Gasteiger partial charge is 0.478 e. The molecule has 0 aliphatic carbocycles. The number of benzene rings is 2. The number of carboxylic acids is 1. The monoisotopic (exact) mass is 271 g/mol. The number of rotatable bonds is 3. The molecule has 0 unspecified atom stereocenters. The number of non-ortho nitro benzene ring substituents is 1. The van der Waals surface area contributed by atoms with Crippen molar-refractivity contribution in [3.8, 4) is 11.1 Å². The second-order valence-electron chi connectivity index (χ2n) is 4.62. The van der Waals surface area contributed by atoms with Crippen molar-refractivity contribution in [1.29, 1.82) is 0 Å². The molecule has 0 heterocycles. The summed E-state index contributed by atoms with van der Waals surface area (Å²) in [6.45, 7) is 3.53. The van der Waals surface area contributed by atoms with E-state index < -0.39 is 10.9 Å². The molecular weight excluding hydrogens is 258 g/mol. The molecule has 5 heteroatoms. The minimum absolute atomic E-state index is 0.0420. The van der Waals surface area contributed by atoms with Gasteiger partial charge in [0.1, 0.15) is 0 Å². The highest BCUT2D eigenvalue weighted by molar-refractivity contribution is 5.97. The molecule has 0 saturated heterocycles. The van der Waals surface area contributed by atoms with Crippen LogP contribution in [0.4, 0.5) is 5.69 Å². The van der Waals surface area contributed by atoms with Crippen molar-refractivity contribution in [2.75, 3.05) is 0 Å². The van der Waals surface area contributed by atoms with Gasteiger partial charge in [0.2, 0.25) is 0 Å². The van der Waals surface area contributed by atoms with E-state index in [9.17, 15) is 20.0 Å². The van der Waals surface area contributed by atoms with Crippen LogP contribution in [0.25, 0.3) is 11.1 Å². The zero-order valence-corrected chi connectivity index (χ0v) is 11.1. The molecule has 0 atom stereocenters. The standard InChI is InChI=1S/C15H13NO4/c1-9-6-11(8-12(7-9)16(19)20)14-10(2)4-3-5-13(14)15(17)18/h3-8H,1-2H3,(H,17,18). The van der Waals surface area contributed by atoms with Gasteiger partial charge in [-0.2, -0.15) is 0 Å². The van der Waals surface area contributed by atoms with Gasteiger partial charge >= 0.3 is 5.97 Å². The topological polar surface area (TPSA) is 80.4 Å². The van der Waals surface area contributed by atoms with Crippen LogP contribution in [0.2, 0.25) is 0 Å². The maximum Gasteiger partial charge on any atom is 0.336 e. The number of nitrogens with zero attached hydrogens (tertiary/aromatic N) is 1. The summed E-state index contributed by atoms with van der Waals surface area (Å²) in [6, 6.07) is 9.56. The molecule has 0 aliphatic rings. The molecule has 0 spiro atoms. The van der Waals surface area contributed by atoms with Crippen LogP contribution in [-0.2, 0) is 0 Å². The fourth-order valence-electron chi connectivity index (χ4n) is 2.24. The van der Waals surface area contributed by atoms with Crippen LogP contribution >= 0.6 is 0 Å². The van der Waals surface area contributed by atoms with Gasteiger partial charge in [-0.15, -0.1) is 0 Å². The van der Waals surface area contributed by atoms with Crippen molar-refractivity contribution in [1.82, 2.24) is 0 Å². The lowest BCUT2D eigenvalue weighted by Gasteiger charge is -2.10. The third-order valence-electron chi connectivity index (χ3n) is 3.06. The van der Waals surface area contributed by atoms with Crippen molar-refractivity contribution in [3.63, 3.8) is 0 Å². The molecule has 102 valence electrons. The Bertz CT molecular complexity index is 707. The van der Waals surface area contributed by atoms with Crippen LogP contribution in [0.3, 0.4) is 0 Å². The van der Waals surface area contributed by atoms with E-state index in [1.54, 1.807) is 32.0 Å².